The Hall–Kier alpha value is -3.54. The van der Waals surface area contributed by atoms with Gasteiger partial charge >= 0.3 is 0 Å². The zero-order valence-corrected chi connectivity index (χ0v) is 17.2. The van der Waals surface area contributed by atoms with Gasteiger partial charge in [-0.1, -0.05) is 30.3 Å². The van der Waals surface area contributed by atoms with E-state index in [1.54, 1.807) is 26.6 Å². The number of carbonyl (C=O) groups is 1. The number of rotatable bonds is 5. The van der Waals surface area contributed by atoms with E-state index < -0.39 is 0 Å². The molecule has 4 rings (SSSR count). The van der Waals surface area contributed by atoms with Crippen LogP contribution >= 0.6 is 0 Å². The van der Waals surface area contributed by atoms with Gasteiger partial charge in [0, 0.05) is 68.0 Å². The van der Waals surface area contributed by atoms with E-state index in [0.717, 1.165) is 41.4 Å². The average Bonchev–Trinajstić information content (AvgIpc) is 2.84. The third-order valence-electron chi connectivity index (χ3n) is 5.40. The second kappa shape index (κ2) is 8.86. The number of piperazine rings is 1. The first-order valence-corrected chi connectivity index (χ1v) is 9.96. The van der Waals surface area contributed by atoms with E-state index in [1.807, 2.05) is 59.5 Å². The van der Waals surface area contributed by atoms with Crippen molar-refractivity contribution in [1.82, 2.24) is 9.88 Å². The lowest BCUT2D eigenvalue weighted by molar-refractivity contribution is 0.0747. The molecule has 2 aromatic carbocycles. The number of carbonyl (C=O) groups excluding carboxylic acids is 1. The normalized spacial score (nSPS) is 13.8. The summed E-state index contributed by atoms with van der Waals surface area (Å²) in [6.45, 7) is 2.78. The molecule has 0 atom stereocenters. The molecule has 6 nitrogen and oxygen atoms in total. The third-order valence-corrected chi connectivity index (χ3v) is 5.40. The van der Waals surface area contributed by atoms with Crippen molar-refractivity contribution in [3.05, 3.63) is 72.6 Å². The van der Waals surface area contributed by atoms with Crippen LogP contribution < -0.4 is 14.4 Å². The summed E-state index contributed by atoms with van der Waals surface area (Å²) in [7, 11) is 3.29. The standard InChI is InChI=1S/C24H25N3O3/c1-29-20-14-19(15-21(16-20)30-2)26-10-12-27(13-11-26)24(28)22-8-9-25-17-23(22)18-6-4-3-5-7-18/h3-9,14-17H,10-13H2,1-2H3. The molecule has 0 radical (unpaired) electrons. The first-order valence-electron chi connectivity index (χ1n) is 9.96. The van der Waals surface area contributed by atoms with Gasteiger partial charge in [-0.25, -0.2) is 0 Å². The second-order valence-electron chi connectivity index (χ2n) is 7.14. The number of anilines is 1. The van der Waals surface area contributed by atoms with Gasteiger partial charge in [0.1, 0.15) is 11.5 Å². The lowest BCUT2D eigenvalue weighted by Crippen LogP contribution is -2.48. The SMILES string of the molecule is COc1cc(OC)cc(N2CCN(C(=O)c3ccncc3-c3ccccc3)CC2)c1. The number of hydrogen-bond acceptors (Lipinski definition) is 5. The van der Waals surface area contributed by atoms with E-state index in [2.05, 4.69) is 9.88 Å². The molecule has 0 saturated carbocycles. The lowest BCUT2D eigenvalue weighted by atomic mass is 10.0. The molecule has 1 fully saturated rings. The van der Waals surface area contributed by atoms with Crippen molar-refractivity contribution in [2.24, 2.45) is 0 Å². The molecule has 0 aliphatic carbocycles. The molecule has 30 heavy (non-hydrogen) atoms. The Kier molecular flexibility index (Phi) is 5.84. The number of hydrogen-bond donors (Lipinski definition) is 0. The molecule has 154 valence electrons. The Bertz CT molecular complexity index is 993. The highest BCUT2D eigenvalue weighted by molar-refractivity contribution is 6.00. The minimum absolute atomic E-state index is 0.0409. The molecule has 1 aliphatic rings. The van der Waals surface area contributed by atoms with Crippen molar-refractivity contribution >= 4 is 11.6 Å². The Labute approximate surface area is 176 Å². The molecule has 6 heteroatoms. The van der Waals surface area contributed by atoms with Gasteiger partial charge in [-0.05, 0) is 11.6 Å². The van der Waals surface area contributed by atoms with Crippen LogP contribution in [0, 0.1) is 0 Å². The van der Waals surface area contributed by atoms with E-state index in [1.165, 1.54) is 0 Å². The number of methoxy groups -OCH3 is 2. The molecule has 1 amide bonds. The predicted octanol–water partition coefficient (Wildman–Crippen LogP) is 3.73. The molecule has 2 heterocycles. The summed E-state index contributed by atoms with van der Waals surface area (Å²) in [5.41, 5.74) is 3.58. The molecular weight excluding hydrogens is 378 g/mol. The van der Waals surface area contributed by atoms with Crippen molar-refractivity contribution < 1.29 is 14.3 Å². The molecular formula is C24H25N3O3. The molecule has 0 spiro atoms. The van der Waals surface area contributed by atoms with Gasteiger partial charge in [-0.15, -0.1) is 0 Å². The van der Waals surface area contributed by atoms with Crippen LogP contribution in [0.5, 0.6) is 11.5 Å². The fraction of sp³-hybridized carbons (Fsp3) is 0.250. The predicted molar refractivity (Wildman–Crippen MR) is 117 cm³/mol. The van der Waals surface area contributed by atoms with Gasteiger partial charge in [-0.2, -0.15) is 0 Å². The largest absolute Gasteiger partial charge is 0.497 e. The highest BCUT2D eigenvalue weighted by Crippen LogP contribution is 2.30. The number of nitrogens with zero attached hydrogens (tertiary/aromatic N) is 3. The zero-order valence-electron chi connectivity index (χ0n) is 17.2. The molecule has 0 bridgehead atoms. The Morgan fingerprint density at radius 3 is 2.20 bits per heavy atom. The highest BCUT2D eigenvalue weighted by Gasteiger charge is 2.25. The maximum Gasteiger partial charge on any atom is 0.254 e. The van der Waals surface area contributed by atoms with Crippen molar-refractivity contribution in [2.45, 2.75) is 0 Å². The van der Waals surface area contributed by atoms with Gasteiger partial charge in [-0.3, -0.25) is 9.78 Å². The van der Waals surface area contributed by atoms with E-state index >= 15 is 0 Å². The number of amides is 1. The molecule has 3 aromatic rings. The Balaban J connectivity index is 1.50. The first-order chi connectivity index (χ1) is 14.7. The zero-order chi connectivity index (χ0) is 20.9. The number of pyridine rings is 1. The van der Waals surface area contributed by atoms with Gasteiger partial charge < -0.3 is 19.3 Å². The van der Waals surface area contributed by atoms with Gasteiger partial charge in [0.05, 0.1) is 19.8 Å². The van der Waals surface area contributed by atoms with Gasteiger partial charge in [0.15, 0.2) is 0 Å². The van der Waals surface area contributed by atoms with Crippen molar-refractivity contribution in [3.8, 4) is 22.6 Å². The molecule has 0 unspecified atom stereocenters. The Morgan fingerprint density at radius 2 is 1.57 bits per heavy atom. The quantitative estimate of drug-likeness (QED) is 0.650. The molecule has 0 N–H and O–H groups in total. The monoisotopic (exact) mass is 403 g/mol. The maximum absolute atomic E-state index is 13.3. The van der Waals surface area contributed by atoms with E-state index in [0.29, 0.717) is 18.7 Å². The fourth-order valence-electron chi connectivity index (χ4n) is 3.74. The third kappa shape index (κ3) is 4.08. The second-order valence-corrected chi connectivity index (χ2v) is 7.14. The van der Waals surface area contributed by atoms with Crippen LogP contribution in [0.1, 0.15) is 10.4 Å². The highest BCUT2D eigenvalue weighted by atomic mass is 16.5. The van der Waals surface area contributed by atoms with Crippen LogP contribution in [0.4, 0.5) is 5.69 Å². The summed E-state index contributed by atoms with van der Waals surface area (Å²) >= 11 is 0. The first kappa shape index (κ1) is 19.8. The van der Waals surface area contributed by atoms with Crippen LogP contribution in [0.2, 0.25) is 0 Å². The molecule has 1 aromatic heterocycles. The van der Waals surface area contributed by atoms with E-state index in [4.69, 9.17) is 9.47 Å². The summed E-state index contributed by atoms with van der Waals surface area (Å²) in [6, 6.07) is 17.6. The fourth-order valence-corrected chi connectivity index (χ4v) is 3.74. The minimum atomic E-state index is 0.0409. The summed E-state index contributed by atoms with van der Waals surface area (Å²) in [4.78, 5) is 21.7. The molecule has 1 aliphatic heterocycles. The van der Waals surface area contributed by atoms with Crippen molar-refractivity contribution in [1.29, 1.82) is 0 Å². The van der Waals surface area contributed by atoms with Crippen LogP contribution in [-0.2, 0) is 0 Å². The summed E-state index contributed by atoms with van der Waals surface area (Å²) in [5, 5.41) is 0. The smallest absolute Gasteiger partial charge is 0.254 e. The maximum atomic E-state index is 13.3. The minimum Gasteiger partial charge on any atom is -0.497 e. The van der Waals surface area contributed by atoms with Crippen molar-refractivity contribution in [3.63, 3.8) is 0 Å². The Morgan fingerprint density at radius 1 is 0.900 bits per heavy atom. The van der Waals surface area contributed by atoms with E-state index in [9.17, 15) is 4.79 Å². The van der Waals surface area contributed by atoms with Crippen LogP contribution in [0.3, 0.4) is 0 Å². The van der Waals surface area contributed by atoms with Crippen molar-refractivity contribution in [2.75, 3.05) is 45.3 Å². The van der Waals surface area contributed by atoms with Crippen LogP contribution in [0.15, 0.2) is 67.0 Å². The lowest BCUT2D eigenvalue weighted by Gasteiger charge is -2.36. The summed E-state index contributed by atoms with van der Waals surface area (Å²) in [5.74, 6) is 1.55. The van der Waals surface area contributed by atoms with Crippen LogP contribution in [-0.4, -0.2) is 56.2 Å². The molecule has 1 saturated heterocycles. The summed E-state index contributed by atoms with van der Waals surface area (Å²) in [6.07, 6.45) is 3.44. The number of benzene rings is 2. The average molecular weight is 403 g/mol. The van der Waals surface area contributed by atoms with E-state index in [-0.39, 0.29) is 5.91 Å². The topological polar surface area (TPSA) is 54.9 Å². The number of aromatic nitrogens is 1. The summed E-state index contributed by atoms with van der Waals surface area (Å²) < 4.78 is 10.8. The van der Waals surface area contributed by atoms with Crippen LogP contribution in [0.25, 0.3) is 11.1 Å². The number of ether oxygens (including phenoxy) is 2. The van der Waals surface area contributed by atoms with Gasteiger partial charge in [0.25, 0.3) is 5.91 Å². The van der Waals surface area contributed by atoms with Gasteiger partial charge in [0.2, 0.25) is 0 Å².